The number of hydrogen-bond donors (Lipinski definition) is 1. The lowest BCUT2D eigenvalue weighted by Gasteiger charge is -2.08. The Hall–Kier alpha value is -2.57. The summed E-state index contributed by atoms with van der Waals surface area (Å²) in [5.74, 6) is 0.802. The highest BCUT2D eigenvalue weighted by molar-refractivity contribution is 6.02. The molecule has 0 spiro atoms. The molecule has 0 aromatic heterocycles. The Balaban J connectivity index is 2.15. The number of rotatable bonds is 4. The third-order valence-corrected chi connectivity index (χ3v) is 2.53. The number of carbonyl (C=O) groups excluding carboxylic acids is 2. The summed E-state index contributed by atoms with van der Waals surface area (Å²) < 4.78 is 10.3. The molecule has 0 radical (unpaired) electrons. The normalized spacial score (nSPS) is 14.9. The minimum absolute atomic E-state index is 0.0668. The van der Waals surface area contributed by atoms with Crippen molar-refractivity contribution in [2.24, 2.45) is 5.10 Å². The van der Waals surface area contributed by atoms with Gasteiger partial charge in [0.25, 0.3) is 0 Å². The van der Waals surface area contributed by atoms with E-state index in [1.807, 2.05) is 0 Å². The van der Waals surface area contributed by atoms with Gasteiger partial charge in [-0.05, 0) is 23.8 Å². The number of methoxy groups -OCH3 is 2. The first-order chi connectivity index (χ1) is 9.13. The van der Waals surface area contributed by atoms with Crippen molar-refractivity contribution in [3.05, 3.63) is 23.8 Å². The molecule has 100 valence electrons. The quantitative estimate of drug-likeness (QED) is 0.637. The minimum atomic E-state index is -0.526. The average molecular weight is 263 g/mol. The maximum Gasteiger partial charge on any atom is 0.344 e. The SMILES string of the molecule is COc1ccc(/C=N\N2CC(=O)NC2=O)cc1OC. The summed E-state index contributed by atoms with van der Waals surface area (Å²) >= 11 is 0. The first-order valence-corrected chi connectivity index (χ1v) is 5.51. The second-order valence-electron chi connectivity index (χ2n) is 3.77. The summed E-state index contributed by atoms with van der Waals surface area (Å²) in [6.45, 7) is -0.0668. The predicted molar refractivity (Wildman–Crippen MR) is 67.4 cm³/mol. The fourth-order valence-corrected chi connectivity index (χ4v) is 1.59. The van der Waals surface area contributed by atoms with E-state index in [-0.39, 0.29) is 12.5 Å². The van der Waals surface area contributed by atoms with Gasteiger partial charge in [-0.25, -0.2) is 9.80 Å². The van der Waals surface area contributed by atoms with E-state index in [0.717, 1.165) is 10.6 Å². The van der Waals surface area contributed by atoms with Gasteiger partial charge in [-0.2, -0.15) is 5.10 Å². The molecule has 2 rings (SSSR count). The number of nitrogens with one attached hydrogen (secondary N) is 1. The zero-order chi connectivity index (χ0) is 13.8. The summed E-state index contributed by atoms with van der Waals surface area (Å²) in [6, 6.07) is 4.69. The third-order valence-electron chi connectivity index (χ3n) is 2.53. The first-order valence-electron chi connectivity index (χ1n) is 5.51. The molecule has 0 bridgehead atoms. The fourth-order valence-electron chi connectivity index (χ4n) is 1.59. The van der Waals surface area contributed by atoms with Gasteiger partial charge < -0.3 is 9.47 Å². The van der Waals surface area contributed by atoms with Gasteiger partial charge in [-0.1, -0.05) is 0 Å². The molecule has 0 unspecified atom stereocenters. The van der Waals surface area contributed by atoms with Crippen LogP contribution in [0.4, 0.5) is 4.79 Å². The van der Waals surface area contributed by atoms with E-state index in [2.05, 4.69) is 10.4 Å². The van der Waals surface area contributed by atoms with E-state index >= 15 is 0 Å². The number of ether oxygens (including phenoxy) is 2. The molecule has 0 aliphatic carbocycles. The second-order valence-corrected chi connectivity index (χ2v) is 3.77. The van der Waals surface area contributed by atoms with E-state index in [9.17, 15) is 9.59 Å². The maximum absolute atomic E-state index is 11.3. The van der Waals surface area contributed by atoms with Gasteiger partial charge in [-0.15, -0.1) is 0 Å². The van der Waals surface area contributed by atoms with Crippen molar-refractivity contribution in [2.75, 3.05) is 20.8 Å². The van der Waals surface area contributed by atoms with Crippen LogP contribution < -0.4 is 14.8 Å². The molecule has 0 atom stereocenters. The Morgan fingerprint density at radius 1 is 1.26 bits per heavy atom. The highest BCUT2D eigenvalue weighted by atomic mass is 16.5. The fraction of sp³-hybridized carbons (Fsp3) is 0.250. The standard InChI is InChI=1S/C12H13N3O4/c1-18-9-4-3-8(5-10(9)19-2)6-13-15-7-11(16)14-12(15)17/h3-6H,7H2,1-2H3,(H,14,16,17)/b13-6-. The lowest BCUT2D eigenvalue weighted by Crippen LogP contribution is -2.24. The molecule has 7 heteroatoms. The molecule has 19 heavy (non-hydrogen) atoms. The number of urea groups is 1. The lowest BCUT2D eigenvalue weighted by atomic mass is 10.2. The molecule has 1 saturated heterocycles. The summed E-state index contributed by atoms with van der Waals surface area (Å²) in [7, 11) is 3.08. The summed E-state index contributed by atoms with van der Waals surface area (Å²) in [5, 5.41) is 7.12. The van der Waals surface area contributed by atoms with Crippen molar-refractivity contribution in [1.82, 2.24) is 10.3 Å². The minimum Gasteiger partial charge on any atom is -0.493 e. The zero-order valence-corrected chi connectivity index (χ0v) is 10.5. The molecule has 0 saturated carbocycles. The summed E-state index contributed by atoms with van der Waals surface area (Å²) in [5.41, 5.74) is 0.727. The van der Waals surface area contributed by atoms with Crippen LogP contribution in [-0.4, -0.2) is 43.9 Å². The molecule has 1 N–H and O–H groups in total. The Morgan fingerprint density at radius 2 is 2.00 bits per heavy atom. The lowest BCUT2D eigenvalue weighted by molar-refractivity contribution is -0.118. The molecule has 1 aromatic carbocycles. The van der Waals surface area contributed by atoms with Crippen molar-refractivity contribution in [2.45, 2.75) is 0 Å². The summed E-state index contributed by atoms with van der Waals surface area (Å²) in [6.07, 6.45) is 1.47. The Kier molecular flexibility index (Phi) is 3.65. The molecule has 1 aromatic rings. The molecular weight excluding hydrogens is 250 g/mol. The monoisotopic (exact) mass is 263 g/mol. The van der Waals surface area contributed by atoms with Crippen LogP contribution >= 0.6 is 0 Å². The number of imide groups is 1. The largest absolute Gasteiger partial charge is 0.493 e. The number of hydrazone groups is 1. The molecule has 7 nitrogen and oxygen atoms in total. The van der Waals surface area contributed by atoms with Crippen LogP contribution in [0.3, 0.4) is 0 Å². The van der Waals surface area contributed by atoms with Crippen molar-refractivity contribution >= 4 is 18.2 Å². The van der Waals surface area contributed by atoms with Crippen LogP contribution in [0.25, 0.3) is 0 Å². The predicted octanol–water partition coefficient (Wildman–Crippen LogP) is 0.589. The maximum atomic E-state index is 11.3. The number of benzene rings is 1. The molecule has 1 heterocycles. The average Bonchev–Trinajstić information content (AvgIpc) is 2.74. The Bertz CT molecular complexity index is 542. The zero-order valence-electron chi connectivity index (χ0n) is 10.5. The highest BCUT2D eigenvalue weighted by Crippen LogP contribution is 2.26. The Morgan fingerprint density at radius 3 is 2.58 bits per heavy atom. The van der Waals surface area contributed by atoms with Crippen LogP contribution in [0.2, 0.25) is 0 Å². The first kappa shape index (κ1) is 12.9. The van der Waals surface area contributed by atoms with Gasteiger partial charge in [0.1, 0.15) is 6.54 Å². The van der Waals surface area contributed by atoms with Crippen molar-refractivity contribution in [3.63, 3.8) is 0 Å². The van der Waals surface area contributed by atoms with Crippen LogP contribution in [0, 0.1) is 0 Å². The molecular formula is C12H13N3O4. The van der Waals surface area contributed by atoms with E-state index < -0.39 is 6.03 Å². The van der Waals surface area contributed by atoms with E-state index in [0.29, 0.717) is 11.5 Å². The van der Waals surface area contributed by atoms with E-state index in [4.69, 9.17) is 9.47 Å². The third kappa shape index (κ3) is 2.82. The summed E-state index contributed by atoms with van der Waals surface area (Å²) in [4.78, 5) is 22.2. The molecule has 1 aliphatic heterocycles. The van der Waals surface area contributed by atoms with E-state index in [1.54, 1.807) is 25.3 Å². The van der Waals surface area contributed by atoms with Gasteiger partial charge in [0.15, 0.2) is 11.5 Å². The molecule has 1 aliphatic rings. The number of amides is 3. The topological polar surface area (TPSA) is 80.2 Å². The Labute approximate surface area is 109 Å². The van der Waals surface area contributed by atoms with Gasteiger partial charge in [0.05, 0.1) is 20.4 Å². The van der Waals surface area contributed by atoms with Crippen LogP contribution in [0.15, 0.2) is 23.3 Å². The van der Waals surface area contributed by atoms with Crippen molar-refractivity contribution in [1.29, 1.82) is 0 Å². The van der Waals surface area contributed by atoms with Gasteiger partial charge in [0.2, 0.25) is 5.91 Å². The van der Waals surface area contributed by atoms with Gasteiger partial charge in [0, 0.05) is 0 Å². The number of nitrogens with zero attached hydrogens (tertiary/aromatic N) is 2. The van der Waals surface area contributed by atoms with Gasteiger partial charge in [-0.3, -0.25) is 10.1 Å². The number of carbonyl (C=O) groups is 2. The second kappa shape index (κ2) is 5.38. The number of hydrogen-bond acceptors (Lipinski definition) is 5. The van der Waals surface area contributed by atoms with E-state index in [1.165, 1.54) is 13.3 Å². The van der Waals surface area contributed by atoms with Crippen molar-refractivity contribution in [3.8, 4) is 11.5 Å². The molecule has 1 fully saturated rings. The van der Waals surface area contributed by atoms with Crippen molar-refractivity contribution < 1.29 is 19.1 Å². The smallest absolute Gasteiger partial charge is 0.344 e. The highest BCUT2D eigenvalue weighted by Gasteiger charge is 2.25. The van der Waals surface area contributed by atoms with Gasteiger partial charge >= 0.3 is 6.03 Å². The molecule has 3 amide bonds. The van der Waals surface area contributed by atoms with Crippen LogP contribution in [0.1, 0.15) is 5.56 Å². The van der Waals surface area contributed by atoms with Crippen LogP contribution in [-0.2, 0) is 4.79 Å². The van der Waals surface area contributed by atoms with Crippen LogP contribution in [0.5, 0.6) is 11.5 Å².